The molecule has 0 N–H and O–H groups in total. The van der Waals surface area contributed by atoms with E-state index in [4.69, 9.17) is 4.74 Å². The maximum Gasteiger partial charge on any atom is 0.459 e. The summed E-state index contributed by atoms with van der Waals surface area (Å²) >= 11 is 0. The van der Waals surface area contributed by atoms with Crippen molar-refractivity contribution >= 4 is 11.8 Å². The molecule has 0 radical (unpaired) electrons. The third-order valence-corrected chi connectivity index (χ3v) is 4.87. The minimum absolute atomic E-state index is 0.0134. The second-order valence-electron chi connectivity index (χ2n) is 7.27. The summed E-state index contributed by atoms with van der Waals surface area (Å²) in [6.07, 6.45) is -8.70. The van der Waals surface area contributed by atoms with Gasteiger partial charge in [-0.25, -0.2) is 0 Å². The normalized spacial score (nSPS) is 20.9. The summed E-state index contributed by atoms with van der Waals surface area (Å²) in [6, 6.07) is 2.61. The number of carbonyl (C=O) groups excluding carboxylic acids is 2. The molecule has 0 aromatic heterocycles. The molecular weight excluding hydrogens is 411 g/mol. The van der Waals surface area contributed by atoms with Crippen molar-refractivity contribution in [3.05, 3.63) is 29.3 Å². The van der Waals surface area contributed by atoms with Gasteiger partial charge in [0.05, 0.1) is 12.5 Å². The highest BCUT2D eigenvalue weighted by molar-refractivity contribution is 6.13. The van der Waals surface area contributed by atoms with Crippen LogP contribution in [0, 0.1) is 0 Å². The average Bonchev–Trinajstić information content (AvgIpc) is 2.58. The van der Waals surface area contributed by atoms with Gasteiger partial charge in [-0.3, -0.25) is 14.5 Å². The summed E-state index contributed by atoms with van der Waals surface area (Å²) in [5.74, 6) is -14.2. The van der Waals surface area contributed by atoms with Gasteiger partial charge in [-0.05, 0) is 44.5 Å². The van der Waals surface area contributed by atoms with Crippen molar-refractivity contribution in [1.82, 2.24) is 4.90 Å². The minimum atomic E-state index is -6.53. The topological polar surface area (TPSA) is 46.6 Å². The van der Waals surface area contributed by atoms with E-state index >= 15 is 0 Å². The third-order valence-electron chi connectivity index (χ3n) is 4.87. The summed E-state index contributed by atoms with van der Waals surface area (Å²) in [6.45, 7) is 3.58. The zero-order chi connectivity index (χ0) is 22.6. The largest absolute Gasteiger partial charge is 0.497 e. The monoisotopic (exact) mass is 429 g/mol. The fraction of sp³-hybridized carbons (Fsp3) is 0.556. The van der Waals surface area contributed by atoms with E-state index in [1.807, 2.05) is 0 Å². The molecule has 0 spiro atoms. The third kappa shape index (κ3) is 3.44. The maximum absolute atomic E-state index is 14.2. The van der Waals surface area contributed by atoms with Crippen LogP contribution in [-0.4, -0.2) is 47.9 Å². The lowest BCUT2D eigenvalue weighted by Gasteiger charge is -2.43. The van der Waals surface area contributed by atoms with Crippen molar-refractivity contribution in [2.75, 3.05) is 7.11 Å². The van der Waals surface area contributed by atoms with Gasteiger partial charge in [0.1, 0.15) is 5.75 Å². The van der Waals surface area contributed by atoms with Crippen LogP contribution in [0.3, 0.4) is 0 Å². The number of hydrogen-bond acceptors (Lipinski definition) is 3. The number of rotatable bonds is 5. The summed E-state index contributed by atoms with van der Waals surface area (Å²) in [7, 11) is 1.19. The van der Waals surface area contributed by atoms with Crippen molar-refractivity contribution < 1.29 is 45.1 Å². The van der Waals surface area contributed by atoms with Crippen molar-refractivity contribution in [2.45, 2.75) is 56.7 Å². The van der Waals surface area contributed by atoms with Gasteiger partial charge in [-0.15, -0.1) is 0 Å². The highest BCUT2D eigenvalue weighted by Gasteiger charge is 2.74. The first-order valence-electron chi connectivity index (χ1n) is 8.40. The van der Waals surface area contributed by atoms with E-state index in [1.165, 1.54) is 27.0 Å². The number of hydrogen-bond donors (Lipinski definition) is 0. The van der Waals surface area contributed by atoms with Gasteiger partial charge in [-0.1, -0.05) is 0 Å². The number of imide groups is 1. The van der Waals surface area contributed by atoms with E-state index < -0.39 is 53.3 Å². The number of amides is 2. The van der Waals surface area contributed by atoms with Crippen LogP contribution in [0.25, 0.3) is 0 Å². The molecule has 1 aliphatic rings. The van der Waals surface area contributed by atoms with Gasteiger partial charge in [0, 0.05) is 18.0 Å². The quantitative estimate of drug-likeness (QED) is 0.509. The molecule has 11 heteroatoms. The molecule has 0 aliphatic carbocycles. The zero-order valence-electron chi connectivity index (χ0n) is 15.8. The van der Waals surface area contributed by atoms with Crippen LogP contribution >= 0.6 is 0 Å². The van der Waals surface area contributed by atoms with Crippen LogP contribution in [0.2, 0.25) is 0 Å². The Hall–Kier alpha value is -2.33. The molecule has 1 aliphatic heterocycles. The molecule has 2 amide bonds. The molecular formula is C18H18F7NO3. The Morgan fingerprint density at radius 2 is 1.62 bits per heavy atom. The Morgan fingerprint density at radius 3 is 2.07 bits per heavy atom. The first-order valence-corrected chi connectivity index (χ1v) is 8.40. The van der Waals surface area contributed by atoms with E-state index in [-0.39, 0.29) is 11.3 Å². The smallest absolute Gasteiger partial charge is 0.459 e. The number of ether oxygens (including phenoxy) is 1. The first-order chi connectivity index (χ1) is 13.0. The number of nitrogens with zero attached hydrogens (tertiary/aromatic N) is 1. The molecule has 162 valence electrons. The lowest BCUT2D eigenvalue weighted by Crippen LogP contribution is -2.60. The number of carbonyl (C=O) groups is 2. The van der Waals surface area contributed by atoms with E-state index in [0.717, 1.165) is 19.1 Å². The SMILES string of the molecule is COc1ccc2c(c1)C(C)(CC(F)(F)C(F)(F)C(F)(F)F)C(=O)N(C(C)C)C2=O. The second kappa shape index (κ2) is 6.88. The number of benzene rings is 1. The molecule has 1 aromatic rings. The van der Waals surface area contributed by atoms with Gasteiger partial charge < -0.3 is 4.74 Å². The van der Waals surface area contributed by atoms with Crippen LogP contribution in [0.4, 0.5) is 30.7 Å². The van der Waals surface area contributed by atoms with Crippen LogP contribution in [0.1, 0.15) is 43.1 Å². The standard InChI is InChI=1S/C18H18F7NO3/c1-9(2)26-13(27)11-6-5-10(29-4)7-12(11)15(3,14(26)28)8-16(19,20)17(21,22)18(23,24)25/h5-7,9H,8H2,1-4H3. The van der Waals surface area contributed by atoms with Gasteiger partial charge in [-0.2, -0.15) is 30.7 Å². The maximum atomic E-state index is 14.2. The van der Waals surface area contributed by atoms with Crippen molar-refractivity contribution in [3.8, 4) is 5.75 Å². The summed E-state index contributed by atoms with van der Waals surface area (Å²) < 4.78 is 98.2. The van der Waals surface area contributed by atoms with E-state index in [0.29, 0.717) is 4.90 Å². The summed E-state index contributed by atoms with van der Waals surface area (Å²) in [4.78, 5) is 26.1. The van der Waals surface area contributed by atoms with Crippen molar-refractivity contribution in [1.29, 1.82) is 0 Å². The van der Waals surface area contributed by atoms with Crippen LogP contribution in [0.5, 0.6) is 5.75 Å². The Kier molecular flexibility index (Phi) is 5.44. The van der Waals surface area contributed by atoms with E-state index in [1.54, 1.807) is 0 Å². The van der Waals surface area contributed by atoms with Gasteiger partial charge in [0.2, 0.25) is 5.91 Å². The van der Waals surface area contributed by atoms with Crippen LogP contribution in [0.15, 0.2) is 18.2 Å². The van der Waals surface area contributed by atoms with Gasteiger partial charge in [0.15, 0.2) is 0 Å². The highest BCUT2D eigenvalue weighted by Crippen LogP contribution is 2.53. The van der Waals surface area contributed by atoms with Crippen molar-refractivity contribution in [3.63, 3.8) is 0 Å². The molecule has 0 saturated heterocycles. The minimum Gasteiger partial charge on any atom is -0.497 e. The van der Waals surface area contributed by atoms with Crippen molar-refractivity contribution in [2.24, 2.45) is 0 Å². The molecule has 1 unspecified atom stereocenters. The fourth-order valence-electron chi connectivity index (χ4n) is 3.30. The second-order valence-corrected chi connectivity index (χ2v) is 7.27. The Morgan fingerprint density at radius 1 is 1.07 bits per heavy atom. The molecule has 29 heavy (non-hydrogen) atoms. The summed E-state index contributed by atoms with van der Waals surface area (Å²) in [5.41, 5.74) is -3.20. The number of alkyl halides is 7. The lowest BCUT2D eigenvalue weighted by atomic mass is 9.70. The van der Waals surface area contributed by atoms with Gasteiger partial charge >= 0.3 is 18.0 Å². The van der Waals surface area contributed by atoms with E-state index in [2.05, 4.69) is 0 Å². The fourth-order valence-corrected chi connectivity index (χ4v) is 3.30. The molecule has 1 aromatic carbocycles. The average molecular weight is 429 g/mol. The Bertz CT molecular complexity index is 835. The number of fused-ring (bicyclic) bond motifs is 1. The summed E-state index contributed by atoms with van der Waals surface area (Å²) in [5, 5.41) is 0. The molecule has 1 heterocycles. The van der Waals surface area contributed by atoms with E-state index in [9.17, 15) is 40.3 Å². The molecule has 0 fully saturated rings. The molecule has 1 atom stereocenters. The van der Waals surface area contributed by atoms with Crippen LogP contribution < -0.4 is 4.74 Å². The molecule has 2 rings (SSSR count). The van der Waals surface area contributed by atoms with Gasteiger partial charge in [0.25, 0.3) is 5.91 Å². The first kappa shape index (κ1) is 23.0. The predicted octanol–water partition coefficient (Wildman–Crippen LogP) is 4.57. The number of methoxy groups -OCH3 is 1. The molecule has 0 saturated carbocycles. The lowest BCUT2D eigenvalue weighted by molar-refractivity contribution is -0.357. The van der Waals surface area contributed by atoms with Crippen LogP contribution in [-0.2, 0) is 10.2 Å². The number of halogens is 7. The Labute approximate surface area is 161 Å². The highest BCUT2D eigenvalue weighted by atomic mass is 19.4. The zero-order valence-corrected chi connectivity index (χ0v) is 15.8. The molecule has 4 nitrogen and oxygen atoms in total. The molecule has 0 bridgehead atoms. The Balaban J connectivity index is 2.72. The predicted molar refractivity (Wildman–Crippen MR) is 87.2 cm³/mol.